The van der Waals surface area contributed by atoms with Gasteiger partial charge in [0, 0.05) is 51.2 Å². The number of hydrogen-bond donors (Lipinski definition) is 1. The maximum atomic E-state index is 13.2. The molecule has 1 aliphatic carbocycles. The molecule has 174 valence electrons. The van der Waals surface area contributed by atoms with E-state index in [1.54, 1.807) is 0 Å². The van der Waals surface area contributed by atoms with Crippen molar-refractivity contribution >= 4 is 17.8 Å². The summed E-state index contributed by atoms with van der Waals surface area (Å²) in [5.74, 6) is -0.136. The molecular formula is C25H36N4O3. The van der Waals surface area contributed by atoms with E-state index < -0.39 is 0 Å². The lowest BCUT2D eigenvalue weighted by Gasteiger charge is -2.43. The molecule has 2 aliphatic heterocycles. The third-order valence-electron chi connectivity index (χ3n) is 7.26. The van der Waals surface area contributed by atoms with Crippen molar-refractivity contribution in [2.24, 2.45) is 11.8 Å². The summed E-state index contributed by atoms with van der Waals surface area (Å²) in [5, 5.41) is 3.04. The zero-order valence-corrected chi connectivity index (χ0v) is 19.2. The van der Waals surface area contributed by atoms with Gasteiger partial charge in [0.1, 0.15) is 0 Å². The Morgan fingerprint density at radius 3 is 2.50 bits per heavy atom. The van der Waals surface area contributed by atoms with Gasteiger partial charge in [-0.2, -0.15) is 0 Å². The Kier molecular flexibility index (Phi) is 7.45. The van der Waals surface area contributed by atoms with E-state index >= 15 is 0 Å². The van der Waals surface area contributed by atoms with Crippen LogP contribution in [0.2, 0.25) is 0 Å². The number of piperazine rings is 1. The predicted octanol–water partition coefficient (Wildman–Crippen LogP) is 2.86. The van der Waals surface area contributed by atoms with Gasteiger partial charge in [0.15, 0.2) is 0 Å². The molecule has 4 rings (SSSR count). The van der Waals surface area contributed by atoms with Crippen LogP contribution in [0.3, 0.4) is 0 Å². The molecule has 1 aromatic rings. The Labute approximate surface area is 191 Å². The maximum absolute atomic E-state index is 13.2. The van der Waals surface area contributed by atoms with Crippen LogP contribution in [0.25, 0.3) is 0 Å². The van der Waals surface area contributed by atoms with Gasteiger partial charge in [-0.1, -0.05) is 50.1 Å². The fraction of sp³-hybridized carbons (Fsp3) is 0.640. The van der Waals surface area contributed by atoms with Crippen LogP contribution in [0.5, 0.6) is 0 Å². The van der Waals surface area contributed by atoms with Gasteiger partial charge in [0.05, 0.1) is 5.92 Å². The Bertz CT molecular complexity index is 807. The second kappa shape index (κ2) is 10.5. The number of hydrogen-bond acceptors (Lipinski definition) is 4. The number of unbranched alkanes of at least 4 members (excludes halogenated alkanes) is 2. The Balaban J connectivity index is 1.27. The number of rotatable bonds is 7. The average molecular weight is 441 g/mol. The lowest BCUT2D eigenvalue weighted by molar-refractivity contribution is -0.143. The first-order chi connectivity index (χ1) is 15.6. The van der Waals surface area contributed by atoms with Crippen LogP contribution < -0.4 is 5.32 Å². The van der Waals surface area contributed by atoms with E-state index in [1.165, 1.54) is 10.5 Å². The van der Waals surface area contributed by atoms with Crippen LogP contribution in [0.15, 0.2) is 30.3 Å². The number of imide groups is 1. The fourth-order valence-electron chi connectivity index (χ4n) is 5.34. The van der Waals surface area contributed by atoms with Crippen molar-refractivity contribution in [1.29, 1.82) is 0 Å². The molecule has 32 heavy (non-hydrogen) atoms. The summed E-state index contributed by atoms with van der Waals surface area (Å²) in [6.07, 6.45) is 4.91. The molecule has 3 atom stereocenters. The van der Waals surface area contributed by atoms with Crippen LogP contribution in [-0.2, 0) is 16.1 Å². The van der Waals surface area contributed by atoms with E-state index in [1.807, 2.05) is 11.0 Å². The summed E-state index contributed by atoms with van der Waals surface area (Å²) in [6, 6.07) is 9.94. The molecule has 3 aliphatic rings. The van der Waals surface area contributed by atoms with E-state index in [2.05, 4.69) is 41.4 Å². The molecule has 0 aromatic heterocycles. The normalized spacial score (nSPS) is 26.6. The molecule has 1 saturated carbocycles. The molecule has 7 heteroatoms. The minimum Gasteiger partial charge on any atom is -0.340 e. The highest BCUT2D eigenvalue weighted by Gasteiger charge is 2.45. The van der Waals surface area contributed by atoms with E-state index in [0.717, 1.165) is 58.4 Å². The number of benzene rings is 1. The van der Waals surface area contributed by atoms with Crippen LogP contribution in [0, 0.1) is 11.8 Å². The summed E-state index contributed by atoms with van der Waals surface area (Å²) in [6.45, 7) is 6.76. The second-order valence-corrected chi connectivity index (χ2v) is 9.46. The highest BCUT2D eigenvalue weighted by molar-refractivity contribution is 5.99. The Morgan fingerprint density at radius 1 is 1.03 bits per heavy atom. The number of nitrogens with zero attached hydrogens (tertiary/aromatic N) is 3. The third-order valence-corrected chi connectivity index (χ3v) is 7.26. The quantitative estimate of drug-likeness (QED) is 0.662. The van der Waals surface area contributed by atoms with Crippen molar-refractivity contribution in [3.63, 3.8) is 0 Å². The zero-order valence-electron chi connectivity index (χ0n) is 19.2. The number of fused-ring (bicyclic) bond motifs is 1. The molecule has 7 nitrogen and oxygen atoms in total. The van der Waals surface area contributed by atoms with E-state index in [-0.39, 0.29) is 35.7 Å². The minimum atomic E-state index is -0.282. The van der Waals surface area contributed by atoms with Crippen LogP contribution in [0.4, 0.5) is 4.79 Å². The summed E-state index contributed by atoms with van der Waals surface area (Å²) in [7, 11) is 0. The van der Waals surface area contributed by atoms with Gasteiger partial charge in [-0.05, 0) is 31.2 Å². The molecule has 1 aromatic carbocycles. The summed E-state index contributed by atoms with van der Waals surface area (Å²) < 4.78 is 0. The number of carbonyl (C=O) groups excluding carboxylic acids is 3. The summed E-state index contributed by atoms with van der Waals surface area (Å²) >= 11 is 0. The molecule has 4 amide bonds. The van der Waals surface area contributed by atoms with Crippen molar-refractivity contribution in [2.45, 2.75) is 58.0 Å². The van der Waals surface area contributed by atoms with E-state index in [9.17, 15) is 14.4 Å². The monoisotopic (exact) mass is 440 g/mol. The largest absolute Gasteiger partial charge is 0.340 e. The van der Waals surface area contributed by atoms with Gasteiger partial charge in [-0.3, -0.25) is 19.4 Å². The van der Waals surface area contributed by atoms with Gasteiger partial charge in [-0.15, -0.1) is 0 Å². The Hall–Kier alpha value is -2.41. The smallest absolute Gasteiger partial charge is 0.324 e. The molecule has 2 heterocycles. The summed E-state index contributed by atoms with van der Waals surface area (Å²) in [5.41, 5.74) is 1.30. The van der Waals surface area contributed by atoms with Crippen molar-refractivity contribution in [3.8, 4) is 0 Å². The zero-order chi connectivity index (χ0) is 22.5. The third kappa shape index (κ3) is 5.14. The van der Waals surface area contributed by atoms with Crippen molar-refractivity contribution < 1.29 is 14.4 Å². The first-order valence-corrected chi connectivity index (χ1v) is 12.2. The lowest BCUT2D eigenvalue weighted by atomic mass is 9.76. The van der Waals surface area contributed by atoms with Crippen molar-refractivity contribution in [3.05, 3.63) is 35.9 Å². The highest BCUT2D eigenvalue weighted by Crippen LogP contribution is 2.34. The topological polar surface area (TPSA) is 73.0 Å². The molecule has 3 fully saturated rings. The molecule has 0 spiro atoms. The van der Waals surface area contributed by atoms with Gasteiger partial charge >= 0.3 is 6.03 Å². The lowest BCUT2D eigenvalue weighted by Crippen LogP contribution is -2.62. The second-order valence-electron chi connectivity index (χ2n) is 9.46. The molecule has 1 N–H and O–H groups in total. The van der Waals surface area contributed by atoms with Gasteiger partial charge < -0.3 is 10.2 Å². The first-order valence-electron chi connectivity index (χ1n) is 12.2. The first kappa shape index (κ1) is 22.8. The summed E-state index contributed by atoms with van der Waals surface area (Å²) in [4.78, 5) is 44.4. The molecule has 0 bridgehead atoms. The standard InChI is InChI=1S/C25H36N4O3/c1-2-3-7-12-29-24(31)21-11-10-20(17-22(21)26-25(29)32)23(30)28-15-13-27(14-16-28)18-19-8-5-4-6-9-19/h4-6,8-9,20-22H,2-3,7,10-18H2,1H3,(H,26,32). The van der Waals surface area contributed by atoms with Crippen LogP contribution >= 0.6 is 0 Å². The number of urea groups is 1. The van der Waals surface area contributed by atoms with E-state index in [4.69, 9.17) is 0 Å². The molecular weight excluding hydrogens is 404 g/mol. The molecule has 3 unspecified atom stereocenters. The van der Waals surface area contributed by atoms with Gasteiger partial charge in [0.2, 0.25) is 11.8 Å². The number of carbonyl (C=O) groups is 3. The number of nitrogens with one attached hydrogen (secondary N) is 1. The van der Waals surface area contributed by atoms with E-state index in [0.29, 0.717) is 19.4 Å². The van der Waals surface area contributed by atoms with Crippen LogP contribution in [-0.4, -0.2) is 71.3 Å². The fourth-order valence-corrected chi connectivity index (χ4v) is 5.34. The highest BCUT2D eigenvalue weighted by atomic mass is 16.2. The molecule has 2 saturated heterocycles. The maximum Gasteiger partial charge on any atom is 0.324 e. The Morgan fingerprint density at radius 2 is 1.78 bits per heavy atom. The minimum absolute atomic E-state index is 0.0460. The van der Waals surface area contributed by atoms with Crippen molar-refractivity contribution in [1.82, 2.24) is 20.0 Å². The van der Waals surface area contributed by atoms with Gasteiger partial charge in [0.25, 0.3) is 0 Å². The average Bonchev–Trinajstić information content (AvgIpc) is 2.81. The SMILES string of the molecule is CCCCCN1C(=O)NC2CC(C(=O)N3CCN(Cc4ccccc4)CC3)CCC2C1=O. The predicted molar refractivity (Wildman–Crippen MR) is 123 cm³/mol. The van der Waals surface area contributed by atoms with Gasteiger partial charge in [-0.25, -0.2) is 4.79 Å². The van der Waals surface area contributed by atoms with Crippen LogP contribution in [0.1, 0.15) is 51.0 Å². The molecule has 0 radical (unpaired) electrons. The van der Waals surface area contributed by atoms with Crippen molar-refractivity contribution in [2.75, 3.05) is 32.7 Å². The number of amides is 4.